The van der Waals surface area contributed by atoms with Crippen molar-refractivity contribution in [2.75, 3.05) is 7.11 Å². The van der Waals surface area contributed by atoms with E-state index in [4.69, 9.17) is 22.1 Å². The number of fused-ring (bicyclic) bond motifs is 2. The van der Waals surface area contributed by atoms with Gasteiger partial charge in [-0.25, -0.2) is 9.67 Å². The third kappa shape index (κ3) is 2.94. The maximum absolute atomic E-state index is 10.7. The van der Waals surface area contributed by atoms with E-state index in [-0.39, 0.29) is 5.92 Å². The van der Waals surface area contributed by atoms with Crippen LogP contribution in [0, 0.1) is 12.8 Å². The van der Waals surface area contributed by atoms with E-state index in [1.165, 1.54) is 4.68 Å². The van der Waals surface area contributed by atoms with Gasteiger partial charge in [0.2, 0.25) is 0 Å². The summed E-state index contributed by atoms with van der Waals surface area (Å²) in [6.07, 6.45) is -0.0988. The van der Waals surface area contributed by atoms with E-state index in [0.29, 0.717) is 27.6 Å². The van der Waals surface area contributed by atoms with Gasteiger partial charge >= 0.3 is 0 Å². The number of methoxy groups -OCH3 is 1. The fourth-order valence-electron chi connectivity index (χ4n) is 2.98. The van der Waals surface area contributed by atoms with E-state index in [1.807, 2.05) is 39.0 Å². The second kappa shape index (κ2) is 6.78. The molecule has 3 rings (SSSR count). The summed E-state index contributed by atoms with van der Waals surface area (Å²) in [5, 5.41) is 17.2. The number of aliphatic hydroxyl groups is 1. The van der Waals surface area contributed by atoms with Crippen LogP contribution in [0.4, 0.5) is 0 Å². The Morgan fingerprint density at radius 2 is 2.12 bits per heavy atom. The van der Waals surface area contributed by atoms with Crippen molar-refractivity contribution in [3.8, 4) is 5.75 Å². The van der Waals surface area contributed by atoms with Crippen molar-refractivity contribution in [2.45, 2.75) is 39.5 Å². The number of aryl methyl sites for hydroxylation is 1. The number of nitrogens with two attached hydrogens (primary N) is 1. The van der Waals surface area contributed by atoms with E-state index in [1.54, 1.807) is 7.11 Å². The molecule has 0 amide bonds. The zero-order valence-electron chi connectivity index (χ0n) is 14.8. The van der Waals surface area contributed by atoms with Crippen molar-refractivity contribution in [1.82, 2.24) is 14.8 Å². The third-order valence-corrected chi connectivity index (χ3v) is 5.23. The number of aliphatic hydroxyl groups excluding tert-OH is 1. The molecule has 0 saturated carbocycles. The molecule has 3 atom stereocenters. The van der Waals surface area contributed by atoms with E-state index < -0.39 is 12.3 Å². The SMILES string of the molecule is CC[C@H](C)[C@H](N)[C@H](O)n1nc(C)c2c(Cl)c3cc(OC)ccc3nc21. The molecule has 134 valence electrons. The lowest BCUT2D eigenvalue weighted by Crippen LogP contribution is -2.38. The van der Waals surface area contributed by atoms with Crippen molar-refractivity contribution in [2.24, 2.45) is 11.7 Å². The molecule has 3 aromatic rings. The molecule has 2 aromatic heterocycles. The van der Waals surface area contributed by atoms with Gasteiger partial charge in [0.05, 0.1) is 34.8 Å². The molecule has 0 bridgehead atoms. The quantitative estimate of drug-likeness (QED) is 0.726. The molecule has 0 aliphatic heterocycles. The molecule has 6 nitrogen and oxygen atoms in total. The standard InChI is InChI=1S/C18H23ClN4O2/c1-5-9(2)16(20)18(24)23-17-14(10(3)22-23)15(19)12-8-11(25-4)6-7-13(12)21-17/h6-9,16,18,24H,5,20H2,1-4H3/t9-,16-,18-/m0/s1. The lowest BCUT2D eigenvalue weighted by atomic mass is 9.99. The molecule has 0 spiro atoms. The predicted octanol–water partition coefficient (Wildman–Crippen LogP) is 3.42. The second-order valence-electron chi connectivity index (χ2n) is 6.41. The molecular formula is C18H23ClN4O2. The maximum Gasteiger partial charge on any atom is 0.164 e. The summed E-state index contributed by atoms with van der Waals surface area (Å²) in [5.41, 5.74) is 8.15. The highest BCUT2D eigenvalue weighted by Gasteiger charge is 2.26. The van der Waals surface area contributed by atoms with E-state index in [0.717, 1.165) is 17.2 Å². The molecule has 0 unspecified atom stereocenters. The Bertz CT molecular complexity index is 924. The Kier molecular flexibility index (Phi) is 4.86. The van der Waals surface area contributed by atoms with Crippen LogP contribution in [0.15, 0.2) is 18.2 Å². The zero-order valence-corrected chi connectivity index (χ0v) is 15.6. The van der Waals surface area contributed by atoms with Crippen LogP contribution in [0.25, 0.3) is 21.9 Å². The van der Waals surface area contributed by atoms with Gasteiger partial charge in [0.1, 0.15) is 5.75 Å². The van der Waals surface area contributed by atoms with Crippen molar-refractivity contribution in [3.63, 3.8) is 0 Å². The number of hydrogen-bond donors (Lipinski definition) is 2. The van der Waals surface area contributed by atoms with Crippen LogP contribution in [0.1, 0.15) is 32.2 Å². The normalized spacial score (nSPS) is 15.5. The van der Waals surface area contributed by atoms with Gasteiger partial charge in [0, 0.05) is 5.39 Å². The molecule has 1 aromatic carbocycles. The highest BCUT2D eigenvalue weighted by molar-refractivity contribution is 6.40. The minimum absolute atomic E-state index is 0.148. The molecule has 0 radical (unpaired) electrons. The summed E-state index contributed by atoms with van der Waals surface area (Å²) in [5.74, 6) is 0.856. The Morgan fingerprint density at radius 1 is 1.40 bits per heavy atom. The van der Waals surface area contributed by atoms with Crippen LogP contribution in [0.3, 0.4) is 0 Å². The Labute approximate surface area is 151 Å². The Morgan fingerprint density at radius 3 is 2.76 bits per heavy atom. The molecular weight excluding hydrogens is 340 g/mol. The number of ether oxygens (including phenoxy) is 1. The summed E-state index contributed by atoms with van der Waals surface area (Å²) >= 11 is 6.63. The second-order valence-corrected chi connectivity index (χ2v) is 6.79. The predicted molar refractivity (Wildman–Crippen MR) is 100 cm³/mol. The molecule has 0 saturated heterocycles. The minimum atomic E-state index is -0.967. The molecule has 0 aliphatic carbocycles. The van der Waals surface area contributed by atoms with E-state index >= 15 is 0 Å². The summed E-state index contributed by atoms with van der Waals surface area (Å²) < 4.78 is 6.75. The van der Waals surface area contributed by atoms with Gasteiger partial charge in [-0.15, -0.1) is 0 Å². The number of halogens is 1. The zero-order chi connectivity index (χ0) is 18.3. The topological polar surface area (TPSA) is 86.2 Å². The Balaban J connectivity index is 2.23. The number of pyridine rings is 1. The lowest BCUT2D eigenvalue weighted by Gasteiger charge is -2.24. The lowest BCUT2D eigenvalue weighted by molar-refractivity contribution is 0.0474. The largest absolute Gasteiger partial charge is 0.497 e. The fraction of sp³-hybridized carbons (Fsp3) is 0.444. The van der Waals surface area contributed by atoms with Crippen molar-refractivity contribution in [1.29, 1.82) is 0 Å². The number of nitrogens with zero attached hydrogens (tertiary/aromatic N) is 3. The van der Waals surface area contributed by atoms with Crippen LogP contribution < -0.4 is 10.5 Å². The number of hydrogen-bond acceptors (Lipinski definition) is 5. The first-order valence-electron chi connectivity index (χ1n) is 8.34. The van der Waals surface area contributed by atoms with Gasteiger partial charge in [0.15, 0.2) is 11.9 Å². The van der Waals surface area contributed by atoms with Crippen LogP contribution in [-0.4, -0.2) is 33.0 Å². The molecule has 7 heteroatoms. The first kappa shape index (κ1) is 17.9. The van der Waals surface area contributed by atoms with Crippen LogP contribution in [0.5, 0.6) is 5.75 Å². The first-order chi connectivity index (χ1) is 11.9. The van der Waals surface area contributed by atoms with Gasteiger partial charge in [-0.1, -0.05) is 31.9 Å². The van der Waals surface area contributed by atoms with Gasteiger partial charge in [0.25, 0.3) is 0 Å². The van der Waals surface area contributed by atoms with Gasteiger partial charge in [-0.3, -0.25) is 0 Å². The van der Waals surface area contributed by atoms with E-state index in [2.05, 4.69) is 10.1 Å². The Hall–Kier alpha value is -1.89. The average molecular weight is 363 g/mol. The minimum Gasteiger partial charge on any atom is -0.497 e. The molecule has 0 aliphatic rings. The monoisotopic (exact) mass is 362 g/mol. The van der Waals surface area contributed by atoms with Gasteiger partial charge < -0.3 is 15.6 Å². The summed E-state index contributed by atoms with van der Waals surface area (Å²) in [4.78, 5) is 4.67. The van der Waals surface area contributed by atoms with Crippen molar-refractivity contribution in [3.05, 3.63) is 28.9 Å². The number of benzene rings is 1. The van der Waals surface area contributed by atoms with Crippen LogP contribution in [-0.2, 0) is 0 Å². The first-order valence-corrected chi connectivity index (χ1v) is 8.72. The van der Waals surface area contributed by atoms with E-state index in [9.17, 15) is 5.11 Å². The maximum atomic E-state index is 10.7. The molecule has 0 fully saturated rings. The summed E-state index contributed by atoms with van der Waals surface area (Å²) in [6.45, 7) is 5.90. The highest BCUT2D eigenvalue weighted by Crippen LogP contribution is 2.35. The average Bonchev–Trinajstić information content (AvgIpc) is 2.96. The third-order valence-electron chi connectivity index (χ3n) is 4.84. The summed E-state index contributed by atoms with van der Waals surface area (Å²) in [6, 6.07) is 5.07. The van der Waals surface area contributed by atoms with Gasteiger partial charge in [-0.05, 0) is 31.0 Å². The fourth-order valence-corrected chi connectivity index (χ4v) is 3.35. The number of aromatic nitrogens is 3. The van der Waals surface area contributed by atoms with Crippen molar-refractivity contribution >= 4 is 33.5 Å². The number of rotatable bonds is 5. The van der Waals surface area contributed by atoms with Crippen LogP contribution in [0.2, 0.25) is 5.02 Å². The van der Waals surface area contributed by atoms with Gasteiger partial charge in [-0.2, -0.15) is 5.10 Å². The molecule has 25 heavy (non-hydrogen) atoms. The van der Waals surface area contributed by atoms with Crippen LogP contribution >= 0.6 is 11.6 Å². The smallest absolute Gasteiger partial charge is 0.164 e. The highest BCUT2D eigenvalue weighted by atomic mass is 35.5. The summed E-state index contributed by atoms with van der Waals surface area (Å²) in [7, 11) is 1.61. The molecule has 2 heterocycles. The molecule has 3 N–H and O–H groups in total. The van der Waals surface area contributed by atoms with Crippen molar-refractivity contribution < 1.29 is 9.84 Å².